The topological polar surface area (TPSA) is 36.9 Å². The highest BCUT2D eigenvalue weighted by molar-refractivity contribution is 4.72. The molecule has 0 amide bonds. The van der Waals surface area contributed by atoms with Gasteiger partial charge >= 0.3 is 0 Å². The van der Waals surface area contributed by atoms with Crippen LogP contribution in [0.4, 0.5) is 0 Å². The van der Waals surface area contributed by atoms with Crippen molar-refractivity contribution in [2.45, 2.75) is 175 Å². The van der Waals surface area contributed by atoms with Gasteiger partial charge in [-0.3, -0.25) is 0 Å². The van der Waals surface area contributed by atoms with E-state index < -0.39 is 0 Å². The second-order valence-electron chi connectivity index (χ2n) is 10.7. The molecule has 4 nitrogen and oxygen atoms in total. The maximum absolute atomic E-state index is 5.94. The largest absolute Gasteiger partial charge is 0.475 e. The third-order valence-corrected chi connectivity index (χ3v) is 6.90. The van der Waals surface area contributed by atoms with E-state index in [1.807, 2.05) is 6.26 Å². The Kier molecular flexibility index (Phi) is 32.9. The summed E-state index contributed by atoms with van der Waals surface area (Å²) in [6.07, 6.45) is 33.4. The van der Waals surface area contributed by atoms with Gasteiger partial charge in [-0.15, -0.1) is 0 Å². The van der Waals surface area contributed by atoms with Crippen molar-refractivity contribution in [2.24, 2.45) is 0 Å². The molecule has 0 rings (SSSR count). The number of allylic oxidation sites excluding steroid dienone is 1. The highest BCUT2D eigenvalue weighted by Crippen LogP contribution is 2.14. The molecule has 0 spiro atoms. The lowest BCUT2D eigenvalue weighted by molar-refractivity contribution is -0.147. The van der Waals surface area contributed by atoms with Crippen molar-refractivity contribution in [1.82, 2.24) is 0 Å². The van der Waals surface area contributed by atoms with Gasteiger partial charge in [-0.25, -0.2) is 0 Å². The van der Waals surface area contributed by atoms with E-state index in [4.69, 9.17) is 18.9 Å². The quantitative estimate of drug-likeness (QED) is 0.0496. The van der Waals surface area contributed by atoms with Crippen molar-refractivity contribution in [2.75, 3.05) is 26.6 Å². The molecule has 0 aromatic rings. The normalized spacial score (nSPS) is 11.8. The van der Waals surface area contributed by atoms with Gasteiger partial charge in [-0.2, -0.15) is 0 Å². The molecule has 0 saturated carbocycles. The molecule has 37 heavy (non-hydrogen) atoms. The Hall–Kier alpha value is -0.580. The van der Waals surface area contributed by atoms with Crippen LogP contribution in [0.1, 0.15) is 168 Å². The molecule has 0 N–H and O–H groups in total. The molecule has 222 valence electrons. The fourth-order valence-corrected chi connectivity index (χ4v) is 4.36. The van der Waals surface area contributed by atoms with Gasteiger partial charge in [0.05, 0.1) is 12.9 Å². The van der Waals surface area contributed by atoms with Crippen LogP contribution in [-0.2, 0) is 18.9 Å². The molecule has 0 fully saturated rings. The molecule has 0 aliphatic rings. The lowest BCUT2D eigenvalue weighted by atomic mass is 10.1. The summed E-state index contributed by atoms with van der Waals surface area (Å²) in [4.78, 5) is 0. The summed E-state index contributed by atoms with van der Waals surface area (Å²) < 4.78 is 22.9. The number of ether oxygens (including phenoxy) is 4. The van der Waals surface area contributed by atoms with Gasteiger partial charge in [-0.05, 0) is 51.0 Å². The van der Waals surface area contributed by atoms with E-state index in [-0.39, 0.29) is 6.29 Å². The van der Waals surface area contributed by atoms with Crippen LogP contribution in [0.15, 0.2) is 12.3 Å². The van der Waals surface area contributed by atoms with Crippen molar-refractivity contribution in [1.29, 1.82) is 0 Å². The second kappa shape index (κ2) is 33.4. The average molecular weight is 527 g/mol. The summed E-state index contributed by atoms with van der Waals surface area (Å²) in [6, 6.07) is 0. The fourth-order valence-electron chi connectivity index (χ4n) is 4.36. The first kappa shape index (κ1) is 36.4. The zero-order valence-corrected chi connectivity index (χ0v) is 25.5. The summed E-state index contributed by atoms with van der Waals surface area (Å²) in [7, 11) is 0. The van der Waals surface area contributed by atoms with Crippen LogP contribution in [0.25, 0.3) is 0 Å². The van der Waals surface area contributed by atoms with E-state index in [0.29, 0.717) is 6.79 Å². The predicted molar refractivity (Wildman–Crippen MR) is 160 cm³/mol. The number of unbranched alkanes of at least 4 members (excludes halogenated alkanes) is 18. The predicted octanol–water partition coefficient (Wildman–Crippen LogP) is 10.9. The minimum absolute atomic E-state index is 0.0183. The van der Waals surface area contributed by atoms with E-state index in [1.165, 1.54) is 116 Å². The summed E-state index contributed by atoms with van der Waals surface area (Å²) in [5.41, 5.74) is 0. The Labute approximate surface area is 232 Å². The lowest BCUT2D eigenvalue weighted by Gasteiger charge is -2.18. The number of hydrogen-bond donors (Lipinski definition) is 0. The Bertz CT molecular complexity index is 417. The third-order valence-electron chi connectivity index (χ3n) is 6.90. The van der Waals surface area contributed by atoms with Crippen LogP contribution in [0.5, 0.6) is 0 Å². The second-order valence-corrected chi connectivity index (χ2v) is 10.7. The zero-order chi connectivity index (χ0) is 26.9. The lowest BCUT2D eigenvalue weighted by Crippen LogP contribution is -2.18. The smallest absolute Gasteiger partial charge is 0.188 e. The van der Waals surface area contributed by atoms with Crippen LogP contribution >= 0.6 is 0 Å². The Morgan fingerprint density at radius 1 is 0.486 bits per heavy atom. The fraction of sp³-hybridized carbons (Fsp3) is 0.939. The molecule has 4 heteroatoms. The number of hydrogen-bond acceptors (Lipinski definition) is 4. The van der Waals surface area contributed by atoms with Gasteiger partial charge in [0.15, 0.2) is 13.1 Å². The minimum atomic E-state index is 0.0183. The highest BCUT2D eigenvalue weighted by Gasteiger charge is 2.08. The highest BCUT2D eigenvalue weighted by atomic mass is 16.7. The maximum atomic E-state index is 5.94. The summed E-state index contributed by atoms with van der Waals surface area (Å²) >= 11 is 0. The standard InChI is InChI=1S/C33H66O4/c1-4-7-10-11-12-19-22-25-28-34-32-35-29-26-23-20-17-15-13-14-16-18-21-24-27-33(36-30-8-5-2)37-31-9-6-3/h26,29,33H,4-25,27-28,30-32H2,1-3H3. The van der Waals surface area contributed by atoms with Gasteiger partial charge in [-0.1, -0.05) is 124 Å². The number of rotatable bonds is 32. The first-order valence-corrected chi connectivity index (χ1v) is 16.4. The van der Waals surface area contributed by atoms with E-state index in [2.05, 4.69) is 26.8 Å². The summed E-state index contributed by atoms with van der Waals surface area (Å²) in [6.45, 7) is 9.58. The molecule has 0 aromatic heterocycles. The van der Waals surface area contributed by atoms with Crippen molar-refractivity contribution in [3.63, 3.8) is 0 Å². The third kappa shape index (κ3) is 31.5. The van der Waals surface area contributed by atoms with Gasteiger partial charge in [0.2, 0.25) is 0 Å². The molecular formula is C33H66O4. The van der Waals surface area contributed by atoms with Crippen LogP contribution in [0, 0.1) is 0 Å². The van der Waals surface area contributed by atoms with Crippen molar-refractivity contribution in [3.8, 4) is 0 Å². The molecule has 0 radical (unpaired) electrons. The van der Waals surface area contributed by atoms with E-state index in [9.17, 15) is 0 Å². The SMILES string of the molecule is CCCCCCCCCCOCOC=CCCCCCCCCCCCC(OCCCC)OCCCC. The zero-order valence-electron chi connectivity index (χ0n) is 25.5. The van der Waals surface area contributed by atoms with E-state index >= 15 is 0 Å². The Morgan fingerprint density at radius 3 is 1.54 bits per heavy atom. The van der Waals surface area contributed by atoms with Crippen LogP contribution in [0.2, 0.25) is 0 Å². The average Bonchev–Trinajstić information content (AvgIpc) is 2.91. The van der Waals surface area contributed by atoms with Crippen molar-refractivity contribution < 1.29 is 18.9 Å². The molecule has 0 aliphatic carbocycles. The maximum Gasteiger partial charge on any atom is 0.188 e. The first-order valence-electron chi connectivity index (χ1n) is 16.4. The van der Waals surface area contributed by atoms with Crippen molar-refractivity contribution in [3.05, 3.63) is 12.3 Å². The molecular weight excluding hydrogens is 460 g/mol. The Balaban J connectivity index is 3.32. The molecule has 0 heterocycles. The van der Waals surface area contributed by atoms with Gasteiger partial charge in [0, 0.05) is 13.2 Å². The molecule has 0 aliphatic heterocycles. The van der Waals surface area contributed by atoms with Crippen LogP contribution in [0.3, 0.4) is 0 Å². The van der Waals surface area contributed by atoms with Crippen LogP contribution < -0.4 is 0 Å². The van der Waals surface area contributed by atoms with E-state index in [0.717, 1.165) is 51.9 Å². The summed E-state index contributed by atoms with van der Waals surface area (Å²) in [5, 5.41) is 0. The Morgan fingerprint density at radius 2 is 0.973 bits per heavy atom. The van der Waals surface area contributed by atoms with Gasteiger partial charge in [0.25, 0.3) is 0 Å². The molecule has 0 unspecified atom stereocenters. The van der Waals surface area contributed by atoms with Gasteiger partial charge in [0.1, 0.15) is 0 Å². The molecule has 0 bridgehead atoms. The van der Waals surface area contributed by atoms with Gasteiger partial charge < -0.3 is 18.9 Å². The van der Waals surface area contributed by atoms with E-state index in [1.54, 1.807) is 0 Å². The molecule has 0 aromatic carbocycles. The first-order chi connectivity index (χ1) is 18.3. The minimum Gasteiger partial charge on any atom is -0.475 e. The summed E-state index contributed by atoms with van der Waals surface area (Å²) in [5.74, 6) is 0. The molecule has 0 saturated heterocycles. The van der Waals surface area contributed by atoms with Crippen LogP contribution in [-0.4, -0.2) is 32.9 Å². The molecule has 0 atom stereocenters. The monoisotopic (exact) mass is 526 g/mol. The van der Waals surface area contributed by atoms with Crippen molar-refractivity contribution >= 4 is 0 Å².